The number of likely N-dealkylation sites (N-methyl/N-ethyl adjacent to an activating group) is 1. The molecule has 5 N–H and O–H groups in total. The normalized spacial score (nSPS) is 9.71. The van der Waals surface area contributed by atoms with Gasteiger partial charge in [-0.05, 0) is 25.1 Å². The smallest absolute Gasteiger partial charge is 0.257 e. The lowest BCUT2D eigenvalue weighted by atomic mass is 10.1. The molecule has 2 amide bonds. The van der Waals surface area contributed by atoms with E-state index in [2.05, 4.69) is 5.32 Å². The van der Waals surface area contributed by atoms with E-state index in [-0.39, 0.29) is 23.8 Å². The zero-order chi connectivity index (χ0) is 12.8. The third-order valence-corrected chi connectivity index (χ3v) is 2.00. The molecule has 6 nitrogen and oxygen atoms in total. The van der Waals surface area contributed by atoms with Gasteiger partial charge in [0.2, 0.25) is 0 Å². The molecule has 0 heterocycles. The van der Waals surface area contributed by atoms with Gasteiger partial charge >= 0.3 is 0 Å². The van der Waals surface area contributed by atoms with Crippen molar-refractivity contribution in [3.63, 3.8) is 0 Å². The zero-order valence-corrected chi connectivity index (χ0v) is 9.53. The molecule has 0 fully saturated rings. The van der Waals surface area contributed by atoms with Crippen molar-refractivity contribution in [2.75, 3.05) is 18.9 Å². The molecule has 0 aliphatic rings. The van der Waals surface area contributed by atoms with Crippen molar-refractivity contribution in [1.82, 2.24) is 5.32 Å². The Bertz CT molecular complexity index is 432. The SMILES string of the molecule is CCNC(=O)COc1ccc(N)cc1C(N)=O. The van der Waals surface area contributed by atoms with Crippen LogP contribution in [0.15, 0.2) is 18.2 Å². The van der Waals surface area contributed by atoms with Crippen molar-refractivity contribution < 1.29 is 14.3 Å². The predicted molar refractivity (Wildman–Crippen MR) is 63.6 cm³/mol. The second kappa shape index (κ2) is 5.74. The maximum atomic E-state index is 11.2. The lowest BCUT2D eigenvalue weighted by Crippen LogP contribution is -2.28. The molecule has 0 bridgehead atoms. The average molecular weight is 237 g/mol. The first-order valence-corrected chi connectivity index (χ1v) is 5.13. The molecule has 0 radical (unpaired) electrons. The van der Waals surface area contributed by atoms with E-state index in [9.17, 15) is 9.59 Å². The van der Waals surface area contributed by atoms with E-state index in [0.29, 0.717) is 12.2 Å². The lowest BCUT2D eigenvalue weighted by molar-refractivity contribution is -0.122. The molecule has 1 aromatic rings. The van der Waals surface area contributed by atoms with Gasteiger partial charge in [-0.15, -0.1) is 0 Å². The summed E-state index contributed by atoms with van der Waals surface area (Å²) in [5.74, 6) is -0.666. The summed E-state index contributed by atoms with van der Waals surface area (Å²) < 4.78 is 5.20. The Morgan fingerprint density at radius 3 is 2.71 bits per heavy atom. The van der Waals surface area contributed by atoms with Crippen LogP contribution in [0.2, 0.25) is 0 Å². The quantitative estimate of drug-likeness (QED) is 0.620. The predicted octanol–water partition coefficient (Wildman–Crippen LogP) is -0.117. The van der Waals surface area contributed by atoms with Crippen LogP contribution in [0.1, 0.15) is 17.3 Å². The van der Waals surface area contributed by atoms with E-state index in [4.69, 9.17) is 16.2 Å². The van der Waals surface area contributed by atoms with E-state index in [1.54, 1.807) is 13.0 Å². The summed E-state index contributed by atoms with van der Waals surface area (Å²) in [7, 11) is 0. The molecular formula is C11H15N3O3. The number of rotatable bonds is 5. The van der Waals surface area contributed by atoms with Gasteiger partial charge in [0.05, 0.1) is 5.56 Å². The van der Waals surface area contributed by atoms with Crippen LogP contribution in [0.25, 0.3) is 0 Å². The van der Waals surface area contributed by atoms with Crippen LogP contribution in [0, 0.1) is 0 Å². The van der Waals surface area contributed by atoms with E-state index < -0.39 is 5.91 Å². The number of nitrogens with one attached hydrogen (secondary N) is 1. The Hall–Kier alpha value is -2.24. The summed E-state index contributed by atoms with van der Waals surface area (Å²) in [4.78, 5) is 22.3. The topological polar surface area (TPSA) is 107 Å². The maximum absolute atomic E-state index is 11.2. The molecule has 0 saturated heterocycles. The highest BCUT2D eigenvalue weighted by molar-refractivity contribution is 5.96. The number of amides is 2. The number of hydrogen-bond acceptors (Lipinski definition) is 4. The van der Waals surface area contributed by atoms with E-state index >= 15 is 0 Å². The minimum Gasteiger partial charge on any atom is -0.483 e. The van der Waals surface area contributed by atoms with Gasteiger partial charge in [0.1, 0.15) is 5.75 Å². The molecule has 0 spiro atoms. The van der Waals surface area contributed by atoms with Gasteiger partial charge in [-0.3, -0.25) is 9.59 Å². The Morgan fingerprint density at radius 2 is 2.12 bits per heavy atom. The number of carbonyl (C=O) groups excluding carboxylic acids is 2. The number of hydrogen-bond donors (Lipinski definition) is 3. The van der Waals surface area contributed by atoms with Gasteiger partial charge in [-0.1, -0.05) is 0 Å². The van der Waals surface area contributed by atoms with Crippen LogP contribution in [0.3, 0.4) is 0 Å². The van der Waals surface area contributed by atoms with Crippen LogP contribution in [0.5, 0.6) is 5.75 Å². The highest BCUT2D eigenvalue weighted by Crippen LogP contribution is 2.20. The molecule has 17 heavy (non-hydrogen) atoms. The highest BCUT2D eigenvalue weighted by atomic mass is 16.5. The number of primary amides is 1. The third kappa shape index (κ3) is 3.67. The van der Waals surface area contributed by atoms with Crippen molar-refractivity contribution in [3.05, 3.63) is 23.8 Å². The first-order chi connectivity index (χ1) is 8.04. The molecule has 0 aromatic heterocycles. The maximum Gasteiger partial charge on any atom is 0.257 e. The standard InChI is InChI=1S/C11H15N3O3/c1-2-14-10(15)6-17-9-4-3-7(12)5-8(9)11(13)16/h3-5H,2,6,12H2,1H3,(H2,13,16)(H,14,15). The second-order valence-electron chi connectivity index (χ2n) is 3.36. The van der Waals surface area contributed by atoms with E-state index in [1.807, 2.05) is 0 Å². The molecule has 0 aliphatic heterocycles. The molecule has 0 saturated carbocycles. The highest BCUT2D eigenvalue weighted by Gasteiger charge is 2.11. The van der Waals surface area contributed by atoms with Crippen LogP contribution >= 0.6 is 0 Å². The fourth-order valence-corrected chi connectivity index (χ4v) is 1.26. The number of benzene rings is 1. The van der Waals surface area contributed by atoms with Gasteiger partial charge in [-0.25, -0.2) is 0 Å². The lowest BCUT2D eigenvalue weighted by Gasteiger charge is -2.09. The first kappa shape index (κ1) is 12.8. The first-order valence-electron chi connectivity index (χ1n) is 5.13. The largest absolute Gasteiger partial charge is 0.483 e. The average Bonchev–Trinajstić information content (AvgIpc) is 2.27. The molecule has 0 atom stereocenters. The number of carbonyl (C=O) groups is 2. The fourth-order valence-electron chi connectivity index (χ4n) is 1.26. The van der Waals surface area contributed by atoms with Gasteiger partial charge < -0.3 is 21.5 Å². The van der Waals surface area contributed by atoms with Gasteiger partial charge in [0.25, 0.3) is 11.8 Å². The Balaban J connectivity index is 2.77. The number of ether oxygens (including phenoxy) is 1. The molecule has 92 valence electrons. The minimum atomic E-state index is -0.650. The Morgan fingerprint density at radius 1 is 1.41 bits per heavy atom. The number of nitrogen functional groups attached to an aromatic ring is 1. The van der Waals surface area contributed by atoms with Gasteiger partial charge in [0.15, 0.2) is 6.61 Å². The van der Waals surface area contributed by atoms with Crippen LogP contribution < -0.4 is 21.5 Å². The monoisotopic (exact) mass is 237 g/mol. The molecule has 0 unspecified atom stereocenters. The van der Waals surface area contributed by atoms with Gasteiger partial charge in [0, 0.05) is 12.2 Å². The third-order valence-electron chi connectivity index (χ3n) is 2.00. The molecule has 6 heteroatoms. The van der Waals surface area contributed by atoms with Crippen molar-refractivity contribution >= 4 is 17.5 Å². The molecular weight excluding hydrogens is 222 g/mol. The van der Waals surface area contributed by atoms with Crippen molar-refractivity contribution in [2.45, 2.75) is 6.92 Å². The van der Waals surface area contributed by atoms with Crippen molar-refractivity contribution in [1.29, 1.82) is 0 Å². The summed E-state index contributed by atoms with van der Waals surface area (Å²) in [6.07, 6.45) is 0. The van der Waals surface area contributed by atoms with Gasteiger partial charge in [-0.2, -0.15) is 0 Å². The van der Waals surface area contributed by atoms with Crippen LogP contribution in [-0.2, 0) is 4.79 Å². The molecule has 1 rings (SSSR count). The van der Waals surface area contributed by atoms with Crippen LogP contribution in [-0.4, -0.2) is 25.0 Å². The Labute approximate surface area is 98.9 Å². The van der Waals surface area contributed by atoms with Crippen molar-refractivity contribution in [2.24, 2.45) is 5.73 Å². The molecule has 0 aliphatic carbocycles. The second-order valence-corrected chi connectivity index (χ2v) is 3.36. The fraction of sp³-hybridized carbons (Fsp3) is 0.273. The number of nitrogens with two attached hydrogens (primary N) is 2. The summed E-state index contributed by atoms with van der Waals surface area (Å²) >= 11 is 0. The van der Waals surface area contributed by atoms with E-state index in [0.717, 1.165) is 0 Å². The summed E-state index contributed by atoms with van der Waals surface area (Å²) in [5, 5.41) is 2.57. The number of anilines is 1. The molecule has 1 aromatic carbocycles. The summed E-state index contributed by atoms with van der Waals surface area (Å²) in [6.45, 7) is 2.15. The minimum absolute atomic E-state index is 0.161. The Kier molecular flexibility index (Phi) is 4.33. The zero-order valence-electron chi connectivity index (χ0n) is 9.53. The summed E-state index contributed by atoms with van der Waals surface area (Å²) in [6, 6.07) is 4.49. The van der Waals surface area contributed by atoms with Crippen molar-refractivity contribution in [3.8, 4) is 5.75 Å². The summed E-state index contributed by atoms with van der Waals surface area (Å²) in [5.41, 5.74) is 11.3. The van der Waals surface area contributed by atoms with Crippen LogP contribution in [0.4, 0.5) is 5.69 Å². The van der Waals surface area contributed by atoms with E-state index in [1.165, 1.54) is 12.1 Å².